The Morgan fingerprint density at radius 3 is 2.20 bits per heavy atom. The van der Waals surface area contributed by atoms with Crippen molar-refractivity contribution in [2.45, 2.75) is 51.3 Å². The average molecular weight is 480 g/mol. The molecule has 0 amide bonds. The van der Waals surface area contributed by atoms with Gasteiger partial charge in [-0.1, -0.05) is 30.3 Å². The van der Waals surface area contributed by atoms with Gasteiger partial charge in [-0.15, -0.1) is 0 Å². The number of rotatable bonds is 8. The molecule has 6 heteroatoms. The number of benzene rings is 3. The van der Waals surface area contributed by atoms with E-state index in [1.807, 2.05) is 26.0 Å². The molecule has 184 valence electrons. The average Bonchev–Trinajstić information content (AvgIpc) is 3.27. The molecule has 0 aliphatic heterocycles. The van der Waals surface area contributed by atoms with Crippen molar-refractivity contribution in [2.75, 3.05) is 7.11 Å². The van der Waals surface area contributed by atoms with E-state index in [0.29, 0.717) is 13.0 Å². The lowest BCUT2D eigenvalue weighted by atomic mass is 9.86. The number of carbonyl (C=O) groups is 1. The zero-order valence-corrected chi connectivity index (χ0v) is 20.3. The highest BCUT2D eigenvalue weighted by molar-refractivity contribution is 5.74. The summed E-state index contributed by atoms with van der Waals surface area (Å²) in [5, 5.41) is 3.63. The Labute approximate surface area is 205 Å². The van der Waals surface area contributed by atoms with Crippen LogP contribution < -0.4 is 10.1 Å². The lowest BCUT2D eigenvalue weighted by Crippen LogP contribution is -2.34. The first kappa shape index (κ1) is 24.9. The summed E-state index contributed by atoms with van der Waals surface area (Å²) in [7, 11) is 1.40. The minimum atomic E-state index is -0.307. The Morgan fingerprint density at radius 1 is 0.943 bits per heavy atom. The number of hydrogen-bond donors (Lipinski definition) is 1. The molecule has 3 unspecified atom stereocenters. The van der Waals surface area contributed by atoms with Gasteiger partial charge in [0.15, 0.2) is 0 Å². The molecule has 0 spiro atoms. The first-order chi connectivity index (χ1) is 16.9. The highest BCUT2D eigenvalue weighted by Crippen LogP contribution is 2.41. The molecule has 3 atom stereocenters. The molecule has 35 heavy (non-hydrogen) atoms. The van der Waals surface area contributed by atoms with E-state index < -0.39 is 0 Å². The molecular formula is C29H31F2NO3. The van der Waals surface area contributed by atoms with Gasteiger partial charge in [0.05, 0.1) is 19.1 Å². The van der Waals surface area contributed by atoms with Crippen molar-refractivity contribution in [1.29, 1.82) is 0 Å². The highest BCUT2D eigenvalue weighted by Gasteiger charge is 2.41. The van der Waals surface area contributed by atoms with Gasteiger partial charge >= 0.3 is 5.97 Å². The van der Waals surface area contributed by atoms with Gasteiger partial charge in [0.25, 0.3) is 0 Å². The number of halogens is 2. The maximum absolute atomic E-state index is 13.6. The van der Waals surface area contributed by atoms with E-state index in [9.17, 15) is 13.6 Å². The Kier molecular flexibility index (Phi) is 7.81. The van der Waals surface area contributed by atoms with Crippen LogP contribution in [0.25, 0.3) is 11.1 Å². The molecule has 3 aromatic carbocycles. The maximum atomic E-state index is 13.6. The summed E-state index contributed by atoms with van der Waals surface area (Å²) in [5.74, 6) is -0.467. The SMILES string of the molecule is COC(=O)C1CCC(NCc2cc(-c3ccc(F)cc3)ccc2OC(C)C)C1c1ccc(F)cc1. The number of esters is 1. The van der Waals surface area contributed by atoms with Gasteiger partial charge in [-0.3, -0.25) is 4.79 Å². The predicted molar refractivity (Wildman–Crippen MR) is 132 cm³/mol. The zero-order chi connectivity index (χ0) is 24.9. The number of carbonyl (C=O) groups excluding carboxylic acids is 1. The van der Waals surface area contributed by atoms with Crippen LogP contribution in [0.3, 0.4) is 0 Å². The van der Waals surface area contributed by atoms with Crippen LogP contribution in [0.4, 0.5) is 8.78 Å². The second-order valence-corrected chi connectivity index (χ2v) is 9.27. The lowest BCUT2D eigenvalue weighted by Gasteiger charge is -2.26. The van der Waals surface area contributed by atoms with E-state index in [1.165, 1.54) is 31.4 Å². The van der Waals surface area contributed by atoms with Gasteiger partial charge in [-0.2, -0.15) is 0 Å². The van der Waals surface area contributed by atoms with Crippen molar-refractivity contribution in [3.8, 4) is 16.9 Å². The molecule has 4 nitrogen and oxygen atoms in total. The number of methoxy groups -OCH3 is 1. The van der Waals surface area contributed by atoms with Crippen molar-refractivity contribution in [3.05, 3.63) is 89.5 Å². The molecule has 1 fully saturated rings. The third kappa shape index (κ3) is 5.88. The highest BCUT2D eigenvalue weighted by atomic mass is 19.1. The number of nitrogens with one attached hydrogen (secondary N) is 1. The lowest BCUT2D eigenvalue weighted by molar-refractivity contribution is -0.145. The predicted octanol–water partition coefficient (Wildman–Crippen LogP) is 6.24. The van der Waals surface area contributed by atoms with Gasteiger partial charge in [0.2, 0.25) is 0 Å². The fourth-order valence-electron chi connectivity index (χ4n) is 4.94. The van der Waals surface area contributed by atoms with Crippen molar-refractivity contribution >= 4 is 5.97 Å². The minimum Gasteiger partial charge on any atom is -0.491 e. The zero-order valence-electron chi connectivity index (χ0n) is 20.3. The Morgan fingerprint density at radius 2 is 1.57 bits per heavy atom. The summed E-state index contributed by atoms with van der Waals surface area (Å²) < 4.78 is 38.1. The van der Waals surface area contributed by atoms with Crippen molar-refractivity contribution < 1.29 is 23.0 Å². The van der Waals surface area contributed by atoms with Crippen molar-refractivity contribution in [2.24, 2.45) is 5.92 Å². The Bertz CT molecular complexity index is 1150. The minimum absolute atomic E-state index is 0.00550. The Hall–Kier alpha value is -3.25. The van der Waals surface area contributed by atoms with Crippen LogP contribution in [0.1, 0.15) is 43.7 Å². The van der Waals surface area contributed by atoms with E-state index in [0.717, 1.165) is 34.4 Å². The van der Waals surface area contributed by atoms with Crippen LogP contribution in [0, 0.1) is 17.6 Å². The van der Waals surface area contributed by atoms with Gasteiger partial charge in [0.1, 0.15) is 17.4 Å². The second kappa shape index (κ2) is 11.0. The van der Waals surface area contributed by atoms with Crippen LogP contribution in [-0.2, 0) is 16.1 Å². The molecule has 1 aliphatic rings. The number of ether oxygens (including phenoxy) is 2. The van der Waals surface area contributed by atoms with Crippen molar-refractivity contribution in [1.82, 2.24) is 5.32 Å². The van der Waals surface area contributed by atoms with Gasteiger partial charge < -0.3 is 14.8 Å². The van der Waals surface area contributed by atoms with E-state index in [2.05, 4.69) is 11.4 Å². The van der Waals surface area contributed by atoms with Crippen LogP contribution in [0.2, 0.25) is 0 Å². The third-order valence-electron chi connectivity index (χ3n) is 6.57. The summed E-state index contributed by atoms with van der Waals surface area (Å²) in [5.41, 5.74) is 3.77. The van der Waals surface area contributed by atoms with Gasteiger partial charge in [0, 0.05) is 24.1 Å². The standard InChI is InChI=1S/C29H31F2NO3/c1-18(2)35-27-15-8-21(19-4-9-23(30)10-5-19)16-22(27)17-32-26-14-13-25(29(33)34-3)28(26)20-6-11-24(31)12-7-20/h4-12,15-16,18,25-26,28,32H,13-14,17H2,1-3H3. The Balaban J connectivity index is 1.60. The molecule has 0 saturated heterocycles. The summed E-state index contributed by atoms with van der Waals surface area (Å²) in [6, 6.07) is 18.7. The molecule has 0 radical (unpaired) electrons. The third-order valence-corrected chi connectivity index (χ3v) is 6.57. The molecule has 1 saturated carbocycles. The summed E-state index contributed by atoms with van der Waals surface area (Å²) in [4.78, 5) is 12.5. The quantitative estimate of drug-likeness (QED) is 0.388. The topological polar surface area (TPSA) is 47.6 Å². The monoisotopic (exact) mass is 479 g/mol. The molecule has 0 aromatic heterocycles. The van der Waals surface area contributed by atoms with Crippen LogP contribution in [0.15, 0.2) is 66.7 Å². The second-order valence-electron chi connectivity index (χ2n) is 9.27. The first-order valence-corrected chi connectivity index (χ1v) is 12.0. The normalized spacial score (nSPS) is 19.7. The largest absolute Gasteiger partial charge is 0.491 e. The van der Waals surface area contributed by atoms with Crippen LogP contribution in [-0.4, -0.2) is 25.2 Å². The fourth-order valence-corrected chi connectivity index (χ4v) is 4.94. The fraction of sp³-hybridized carbons (Fsp3) is 0.345. The molecule has 1 aliphatic carbocycles. The summed E-state index contributed by atoms with van der Waals surface area (Å²) in [6.07, 6.45) is 1.49. The first-order valence-electron chi connectivity index (χ1n) is 12.0. The molecule has 4 rings (SSSR count). The van der Waals surface area contributed by atoms with E-state index in [1.54, 1.807) is 24.3 Å². The maximum Gasteiger partial charge on any atom is 0.309 e. The smallest absolute Gasteiger partial charge is 0.309 e. The van der Waals surface area contributed by atoms with Crippen molar-refractivity contribution in [3.63, 3.8) is 0 Å². The van der Waals surface area contributed by atoms with Crippen LogP contribution in [0.5, 0.6) is 5.75 Å². The number of hydrogen-bond acceptors (Lipinski definition) is 4. The molecule has 0 bridgehead atoms. The molecule has 1 N–H and O–H groups in total. The van der Waals surface area contributed by atoms with Crippen LogP contribution >= 0.6 is 0 Å². The van der Waals surface area contributed by atoms with E-state index in [4.69, 9.17) is 9.47 Å². The summed E-state index contributed by atoms with van der Waals surface area (Å²) >= 11 is 0. The van der Waals surface area contributed by atoms with Gasteiger partial charge in [-0.05, 0) is 79.8 Å². The molecule has 3 aromatic rings. The molecular weight excluding hydrogens is 448 g/mol. The summed E-state index contributed by atoms with van der Waals surface area (Å²) in [6.45, 7) is 4.48. The molecule has 0 heterocycles. The van der Waals surface area contributed by atoms with Gasteiger partial charge in [-0.25, -0.2) is 8.78 Å². The van der Waals surface area contributed by atoms with E-state index in [-0.39, 0.29) is 41.6 Å². The van der Waals surface area contributed by atoms with E-state index >= 15 is 0 Å².